The number of hydrogen-bond donors (Lipinski definition) is 0. The summed E-state index contributed by atoms with van der Waals surface area (Å²) in [7, 11) is 0. The van der Waals surface area contributed by atoms with Gasteiger partial charge < -0.3 is 14.2 Å². The zero-order valence-corrected chi connectivity index (χ0v) is 46.8. The van der Waals surface area contributed by atoms with Crippen molar-refractivity contribution in [2.75, 3.05) is 13.2 Å². The Morgan fingerprint density at radius 1 is 0.300 bits per heavy atom. The van der Waals surface area contributed by atoms with Gasteiger partial charge in [0.25, 0.3) is 0 Å². The molecule has 0 fully saturated rings. The molecule has 70 heavy (non-hydrogen) atoms. The first-order valence-electron chi connectivity index (χ1n) is 30.6. The average Bonchev–Trinajstić information content (AvgIpc) is 3.36. The molecular weight excluding hydrogens is 865 g/mol. The van der Waals surface area contributed by atoms with Crippen molar-refractivity contribution in [2.45, 2.75) is 329 Å². The molecule has 0 aromatic carbocycles. The van der Waals surface area contributed by atoms with Crippen LogP contribution in [0.4, 0.5) is 0 Å². The molecule has 0 N–H and O–H groups in total. The lowest BCUT2D eigenvalue weighted by atomic mass is 10.0. The van der Waals surface area contributed by atoms with E-state index in [0.29, 0.717) is 19.3 Å². The number of esters is 3. The van der Waals surface area contributed by atoms with Crippen molar-refractivity contribution in [2.24, 2.45) is 0 Å². The third-order valence-corrected chi connectivity index (χ3v) is 13.6. The first-order valence-corrected chi connectivity index (χ1v) is 30.6. The molecule has 0 saturated heterocycles. The topological polar surface area (TPSA) is 78.9 Å². The third-order valence-electron chi connectivity index (χ3n) is 13.6. The summed E-state index contributed by atoms with van der Waals surface area (Å²) in [5.74, 6) is -0.853. The molecule has 0 aliphatic heterocycles. The molecule has 0 spiro atoms. The van der Waals surface area contributed by atoms with Crippen molar-refractivity contribution < 1.29 is 28.6 Å². The molecule has 0 amide bonds. The smallest absolute Gasteiger partial charge is 0.306 e. The van der Waals surface area contributed by atoms with E-state index in [4.69, 9.17) is 14.2 Å². The average molecular weight is 982 g/mol. The van der Waals surface area contributed by atoms with Gasteiger partial charge in [-0.2, -0.15) is 0 Å². The van der Waals surface area contributed by atoms with Gasteiger partial charge in [-0.3, -0.25) is 14.4 Å². The fourth-order valence-corrected chi connectivity index (χ4v) is 9.02. The number of allylic oxidation sites excluding steroid dienone is 8. The van der Waals surface area contributed by atoms with E-state index in [1.54, 1.807) is 0 Å². The molecule has 6 nitrogen and oxygen atoms in total. The SMILES string of the molecule is CC/C=C\C/C=C\C/C=C\C/C=C\CCCCCCCCCCCCC(=O)OCC(COC(=O)CCCCCCCCCCCCCCC)OC(=O)CCCCCCCCCCCCCCCCCC. The number of hydrogen-bond acceptors (Lipinski definition) is 6. The summed E-state index contributed by atoms with van der Waals surface area (Å²) in [6, 6.07) is 0. The molecular formula is C64H116O6. The van der Waals surface area contributed by atoms with Crippen molar-refractivity contribution >= 4 is 17.9 Å². The summed E-state index contributed by atoms with van der Waals surface area (Å²) in [5.41, 5.74) is 0. The largest absolute Gasteiger partial charge is 0.462 e. The third kappa shape index (κ3) is 56.3. The van der Waals surface area contributed by atoms with Crippen molar-refractivity contribution in [3.05, 3.63) is 48.6 Å². The highest BCUT2D eigenvalue weighted by Gasteiger charge is 2.19. The zero-order valence-electron chi connectivity index (χ0n) is 46.8. The molecule has 0 aromatic rings. The fourth-order valence-electron chi connectivity index (χ4n) is 9.02. The van der Waals surface area contributed by atoms with Crippen molar-refractivity contribution in [1.82, 2.24) is 0 Å². The molecule has 408 valence electrons. The maximum Gasteiger partial charge on any atom is 0.306 e. The molecule has 0 aromatic heterocycles. The number of unbranched alkanes of at least 4 members (excludes halogenated alkanes) is 37. The van der Waals surface area contributed by atoms with Crippen LogP contribution in [0.1, 0.15) is 323 Å². The van der Waals surface area contributed by atoms with Crippen LogP contribution in [-0.4, -0.2) is 37.2 Å². The van der Waals surface area contributed by atoms with Crippen LogP contribution in [0.2, 0.25) is 0 Å². The van der Waals surface area contributed by atoms with E-state index >= 15 is 0 Å². The van der Waals surface area contributed by atoms with Crippen molar-refractivity contribution in [1.29, 1.82) is 0 Å². The van der Waals surface area contributed by atoms with Crippen molar-refractivity contribution in [3.63, 3.8) is 0 Å². The lowest BCUT2D eigenvalue weighted by molar-refractivity contribution is -0.167. The van der Waals surface area contributed by atoms with E-state index in [0.717, 1.165) is 83.5 Å². The molecule has 0 bridgehead atoms. The van der Waals surface area contributed by atoms with Gasteiger partial charge in [-0.25, -0.2) is 0 Å². The van der Waals surface area contributed by atoms with Gasteiger partial charge in [-0.1, -0.05) is 294 Å². The van der Waals surface area contributed by atoms with Crippen LogP contribution >= 0.6 is 0 Å². The number of carbonyl (C=O) groups excluding carboxylic acids is 3. The van der Waals surface area contributed by atoms with Crippen LogP contribution < -0.4 is 0 Å². The van der Waals surface area contributed by atoms with Crippen LogP contribution in [0.25, 0.3) is 0 Å². The monoisotopic (exact) mass is 981 g/mol. The summed E-state index contributed by atoms with van der Waals surface area (Å²) in [5, 5.41) is 0. The van der Waals surface area contributed by atoms with E-state index in [1.165, 1.54) is 199 Å². The molecule has 0 rings (SSSR count). The Balaban J connectivity index is 4.29. The van der Waals surface area contributed by atoms with Crippen LogP contribution in [-0.2, 0) is 28.6 Å². The molecule has 0 aliphatic rings. The van der Waals surface area contributed by atoms with Gasteiger partial charge in [-0.15, -0.1) is 0 Å². The van der Waals surface area contributed by atoms with Gasteiger partial charge in [0, 0.05) is 19.3 Å². The van der Waals surface area contributed by atoms with Crippen molar-refractivity contribution in [3.8, 4) is 0 Å². The summed E-state index contributed by atoms with van der Waals surface area (Å²) >= 11 is 0. The highest BCUT2D eigenvalue weighted by molar-refractivity contribution is 5.71. The maximum absolute atomic E-state index is 12.9. The Kier molecular flexibility index (Phi) is 56.7. The van der Waals surface area contributed by atoms with Crippen LogP contribution in [0, 0.1) is 0 Å². The Hall–Kier alpha value is -2.63. The van der Waals surface area contributed by atoms with Gasteiger partial charge >= 0.3 is 17.9 Å². The maximum atomic E-state index is 12.9. The minimum atomic E-state index is -0.770. The minimum absolute atomic E-state index is 0.0689. The Morgan fingerprint density at radius 2 is 0.557 bits per heavy atom. The Bertz CT molecular complexity index is 1220. The molecule has 0 aliphatic carbocycles. The van der Waals surface area contributed by atoms with Gasteiger partial charge in [-0.05, 0) is 57.8 Å². The number of rotatable bonds is 56. The first-order chi connectivity index (χ1) is 34.5. The zero-order chi connectivity index (χ0) is 50.7. The van der Waals surface area contributed by atoms with E-state index < -0.39 is 6.10 Å². The second-order valence-electron chi connectivity index (χ2n) is 20.6. The first kappa shape index (κ1) is 67.4. The quantitative estimate of drug-likeness (QED) is 0.0261. The standard InChI is InChI=1S/C64H116O6/c1-4-7-10-13-16-19-22-25-27-29-30-31-32-33-34-35-37-39-42-45-48-51-54-57-63(66)69-60-61(59-68-62(65)56-53-50-47-44-41-38-24-21-18-15-12-9-6-3)70-64(67)58-55-52-49-46-43-40-36-28-26-23-20-17-14-11-8-5-2/h7,10,16,19,25,27,30-31,61H,4-6,8-9,11-15,17-18,20-24,26,28-29,32-60H2,1-3H3/b10-7-,19-16-,27-25-,31-30-. The molecule has 0 heterocycles. The fraction of sp³-hybridized carbons (Fsp3) is 0.828. The number of carbonyl (C=O) groups is 3. The summed E-state index contributed by atoms with van der Waals surface area (Å²) in [6.45, 7) is 6.57. The summed E-state index contributed by atoms with van der Waals surface area (Å²) in [6.07, 6.45) is 72.5. The highest BCUT2D eigenvalue weighted by Crippen LogP contribution is 2.17. The van der Waals surface area contributed by atoms with Gasteiger partial charge in [0.2, 0.25) is 0 Å². The van der Waals surface area contributed by atoms with Gasteiger partial charge in [0.15, 0.2) is 6.10 Å². The number of ether oxygens (including phenoxy) is 3. The second-order valence-corrected chi connectivity index (χ2v) is 20.6. The molecule has 0 saturated carbocycles. The van der Waals surface area contributed by atoms with E-state index in [-0.39, 0.29) is 31.1 Å². The Morgan fingerprint density at radius 3 is 0.871 bits per heavy atom. The predicted octanol–water partition coefficient (Wildman–Crippen LogP) is 20.6. The predicted molar refractivity (Wildman–Crippen MR) is 302 cm³/mol. The van der Waals surface area contributed by atoms with Gasteiger partial charge in [0.1, 0.15) is 13.2 Å². The normalized spacial score (nSPS) is 12.3. The molecule has 1 atom stereocenters. The molecule has 0 radical (unpaired) electrons. The lowest BCUT2D eigenvalue weighted by Crippen LogP contribution is -2.30. The van der Waals surface area contributed by atoms with E-state index in [9.17, 15) is 14.4 Å². The van der Waals surface area contributed by atoms with Crippen LogP contribution in [0.5, 0.6) is 0 Å². The lowest BCUT2D eigenvalue weighted by Gasteiger charge is -2.18. The Labute approximate surface area is 435 Å². The van der Waals surface area contributed by atoms with Crippen LogP contribution in [0.3, 0.4) is 0 Å². The van der Waals surface area contributed by atoms with E-state index in [2.05, 4.69) is 69.4 Å². The second kappa shape index (κ2) is 58.9. The highest BCUT2D eigenvalue weighted by atomic mass is 16.6. The molecule has 1 unspecified atom stereocenters. The van der Waals surface area contributed by atoms with Gasteiger partial charge in [0.05, 0.1) is 0 Å². The minimum Gasteiger partial charge on any atom is -0.462 e. The van der Waals surface area contributed by atoms with Crippen LogP contribution in [0.15, 0.2) is 48.6 Å². The summed E-state index contributed by atoms with van der Waals surface area (Å²) in [4.78, 5) is 38.2. The molecule has 6 heteroatoms. The van der Waals surface area contributed by atoms with E-state index in [1.807, 2.05) is 0 Å². The summed E-state index contributed by atoms with van der Waals surface area (Å²) < 4.78 is 16.9.